The molecule has 4 heteroatoms. The lowest BCUT2D eigenvalue weighted by molar-refractivity contribution is 0.0523. The number of hydrogen-bond acceptors (Lipinski definition) is 3. The van der Waals surface area contributed by atoms with E-state index in [4.69, 9.17) is 4.74 Å². The number of rotatable bonds is 2. The van der Waals surface area contributed by atoms with Crippen molar-refractivity contribution in [3.8, 4) is 0 Å². The summed E-state index contributed by atoms with van der Waals surface area (Å²) < 4.78 is 5.21. The van der Waals surface area contributed by atoms with Crippen LogP contribution in [0.5, 0.6) is 0 Å². The molecule has 1 aliphatic rings. The first-order valence-electron chi connectivity index (χ1n) is 5.48. The van der Waals surface area contributed by atoms with E-state index in [2.05, 4.69) is 16.8 Å². The van der Waals surface area contributed by atoms with Crippen LogP contribution in [0.25, 0.3) is 0 Å². The summed E-state index contributed by atoms with van der Waals surface area (Å²) in [6.07, 6.45) is 0.719. The lowest BCUT2D eigenvalue weighted by Crippen LogP contribution is -2.34. The first kappa shape index (κ1) is 11.5. The van der Waals surface area contributed by atoms with E-state index < -0.39 is 5.60 Å². The smallest absolute Gasteiger partial charge is 0.407 e. The maximum absolute atomic E-state index is 11.5. The molecule has 1 aromatic rings. The number of carbonyl (C=O) groups is 1. The summed E-state index contributed by atoms with van der Waals surface area (Å²) in [5.74, 6) is 0.493. The minimum absolute atomic E-state index is 0.258. The SMILES string of the molecule is CC(C)(C)OC(=O)N[C@@H]1C[C@H]1c1cccs1. The van der Waals surface area contributed by atoms with Gasteiger partial charge in [-0.3, -0.25) is 0 Å². The molecule has 2 rings (SSSR count). The van der Waals surface area contributed by atoms with E-state index in [1.165, 1.54) is 4.88 Å². The van der Waals surface area contributed by atoms with Gasteiger partial charge in [-0.15, -0.1) is 11.3 Å². The van der Waals surface area contributed by atoms with Crippen molar-refractivity contribution in [1.29, 1.82) is 0 Å². The van der Waals surface area contributed by atoms with Gasteiger partial charge in [0, 0.05) is 16.8 Å². The molecular formula is C12H17NO2S. The molecule has 88 valence electrons. The lowest BCUT2D eigenvalue weighted by atomic mass is 10.2. The van der Waals surface area contributed by atoms with Crippen molar-refractivity contribution >= 4 is 17.4 Å². The Morgan fingerprint density at radius 1 is 1.56 bits per heavy atom. The van der Waals surface area contributed by atoms with Crippen LogP contribution in [-0.2, 0) is 4.74 Å². The van der Waals surface area contributed by atoms with E-state index in [9.17, 15) is 4.79 Å². The van der Waals surface area contributed by atoms with E-state index >= 15 is 0 Å². The summed E-state index contributed by atoms with van der Waals surface area (Å²) in [5.41, 5.74) is -0.419. The van der Waals surface area contributed by atoms with Crippen LogP contribution in [0, 0.1) is 0 Å². The fraction of sp³-hybridized carbons (Fsp3) is 0.583. The van der Waals surface area contributed by atoms with E-state index in [1.807, 2.05) is 26.8 Å². The monoisotopic (exact) mass is 239 g/mol. The average Bonchev–Trinajstić information content (AvgIpc) is 2.70. The molecule has 1 N–H and O–H groups in total. The quantitative estimate of drug-likeness (QED) is 0.861. The van der Waals surface area contributed by atoms with Gasteiger partial charge < -0.3 is 10.1 Å². The summed E-state index contributed by atoms with van der Waals surface area (Å²) in [7, 11) is 0. The standard InChI is InChI=1S/C12H17NO2S/c1-12(2,3)15-11(14)13-9-7-8(9)10-5-4-6-16-10/h4-6,8-9H,7H2,1-3H3,(H,13,14)/t8-,9-/m1/s1. The second-order valence-electron chi connectivity index (χ2n) is 5.11. The molecule has 0 saturated heterocycles. The van der Waals surface area contributed by atoms with Gasteiger partial charge in [-0.05, 0) is 38.6 Å². The Hall–Kier alpha value is -1.03. The predicted octanol–water partition coefficient (Wildman–Crippen LogP) is 3.13. The van der Waals surface area contributed by atoms with Gasteiger partial charge in [0.05, 0.1) is 0 Å². The average molecular weight is 239 g/mol. The van der Waals surface area contributed by atoms with Crippen molar-refractivity contribution in [2.45, 2.75) is 44.8 Å². The number of alkyl carbamates (subject to hydrolysis) is 1. The highest BCUT2D eigenvalue weighted by atomic mass is 32.1. The molecule has 0 aromatic carbocycles. The summed E-state index contributed by atoms with van der Waals surface area (Å²) in [6, 6.07) is 4.42. The highest BCUT2D eigenvalue weighted by Crippen LogP contribution is 2.42. The molecule has 0 bridgehead atoms. The molecule has 0 spiro atoms. The Bertz CT molecular complexity index is 367. The third-order valence-corrected chi connectivity index (χ3v) is 3.41. The van der Waals surface area contributed by atoms with Gasteiger partial charge in [0.2, 0.25) is 0 Å². The molecular weight excluding hydrogens is 222 g/mol. The molecule has 16 heavy (non-hydrogen) atoms. The molecule has 1 saturated carbocycles. The Morgan fingerprint density at radius 2 is 2.31 bits per heavy atom. The van der Waals surface area contributed by atoms with Crippen LogP contribution in [0.4, 0.5) is 4.79 Å². The maximum atomic E-state index is 11.5. The molecule has 3 nitrogen and oxygen atoms in total. The van der Waals surface area contributed by atoms with Gasteiger partial charge in [0.1, 0.15) is 5.60 Å². The summed E-state index contributed by atoms with van der Waals surface area (Å²) in [4.78, 5) is 12.8. The first-order chi connectivity index (χ1) is 7.46. The summed E-state index contributed by atoms with van der Waals surface area (Å²) >= 11 is 1.75. The number of ether oxygens (including phenoxy) is 1. The molecule has 0 unspecified atom stereocenters. The number of amides is 1. The maximum Gasteiger partial charge on any atom is 0.407 e. The van der Waals surface area contributed by atoms with Gasteiger partial charge in [0.15, 0.2) is 0 Å². The van der Waals surface area contributed by atoms with E-state index in [1.54, 1.807) is 11.3 Å². The zero-order valence-corrected chi connectivity index (χ0v) is 10.6. The highest BCUT2D eigenvalue weighted by Gasteiger charge is 2.40. The Balaban J connectivity index is 1.79. The largest absolute Gasteiger partial charge is 0.444 e. The third-order valence-electron chi connectivity index (χ3n) is 2.40. The normalized spacial score (nSPS) is 23.9. The summed E-state index contributed by atoms with van der Waals surface area (Å²) in [6.45, 7) is 5.61. The Labute approximate surface area is 99.8 Å². The first-order valence-corrected chi connectivity index (χ1v) is 6.36. The number of thiophene rings is 1. The van der Waals surface area contributed by atoms with Gasteiger partial charge in [0.25, 0.3) is 0 Å². The second-order valence-corrected chi connectivity index (χ2v) is 6.09. The second kappa shape index (κ2) is 4.09. The molecule has 2 atom stereocenters. The van der Waals surface area contributed by atoms with E-state index in [0.29, 0.717) is 5.92 Å². The Kier molecular flexibility index (Phi) is 2.93. The van der Waals surface area contributed by atoms with Crippen molar-refractivity contribution in [2.75, 3.05) is 0 Å². The van der Waals surface area contributed by atoms with Gasteiger partial charge in [-0.25, -0.2) is 4.79 Å². The number of nitrogens with one attached hydrogen (secondary N) is 1. The predicted molar refractivity (Wildman–Crippen MR) is 64.8 cm³/mol. The third kappa shape index (κ3) is 2.98. The molecule has 1 aromatic heterocycles. The molecule has 0 radical (unpaired) electrons. The Morgan fingerprint density at radius 3 is 2.88 bits per heavy atom. The van der Waals surface area contributed by atoms with Crippen molar-refractivity contribution in [3.05, 3.63) is 22.4 Å². The van der Waals surface area contributed by atoms with Crippen molar-refractivity contribution in [3.63, 3.8) is 0 Å². The fourth-order valence-electron chi connectivity index (χ4n) is 1.63. The molecule has 1 heterocycles. The van der Waals surface area contributed by atoms with Crippen LogP contribution in [0.1, 0.15) is 38.0 Å². The van der Waals surface area contributed by atoms with Crippen molar-refractivity contribution < 1.29 is 9.53 Å². The van der Waals surface area contributed by atoms with E-state index in [0.717, 1.165) is 6.42 Å². The lowest BCUT2D eigenvalue weighted by Gasteiger charge is -2.19. The van der Waals surface area contributed by atoms with E-state index in [-0.39, 0.29) is 12.1 Å². The molecule has 1 amide bonds. The van der Waals surface area contributed by atoms with Crippen LogP contribution in [0.3, 0.4) is 0 Å². The van der Waals surface area contributed by atoms with Crippen LogP contribution >= 0.6 is 11.3 Å². The minimum atomic E-state index is -0.419. The van der Waals surface area contributed by atoms with Crippen molar-refractivity contribution in [2.24, 2.45) is 0 Å². The minimum Gasteiger partial charge on any atom is -0.444 e. The van der Waals surface area contributed by atoms with Gasteiger partial charge >= 0.3 is 6.09 Å². The molecule has 1 fully saturated rings. The summed E-state index contributed by atoms with van der Waals surface area (Å²) in [5, 5.41) is 4.96. The van der Waals surface area contributed by atoms with Gasteiger partial charge in [-0.2, -0.15) is 0 Å². The zero-order chi connectivity index (χ0) is 11.8. The van der Waals surface area contributed by atoms with Crippen LogP contribution < -0.4 is 5.32 Å². The number of carbonyl (C=O) groups excluding carboxylic acids is 1. The van der Waals surface area contributed by atoms with Crippen LogP contribution in [0.15, 0.2) is 17.5 Å². The molecule has 0 aliphatic heterocycles. The zero-order valence-electron chi connectivity index (χ0n) is 9.82. The highest BCUT2D eigenvalue weighted by molar-refractivity contribution is 7.10. The fourth-order valence-corrected chi connectivity index (χ4v) is 2.54. The van der Waals surface area contributed by atoms with Gasteiger partial charge in [-0.1, -0.05) is 6.07 Å². The van der Waals surface area contributed by atoms with Crippen LogP contribution in [-0.4, -0.2) is 17.7 Å². The topological polar surface area (TPSA) is 38.3 Å². The van der Waals surface area contributed by atoms with Crippen molar-refractivity contribution in [1.82, 2.24) is 5.32 Å². The molecule has 1 aliphatic carbocycles. The van der Waals surface area contributed by atoms with Crippen LogP contribution in [0.2, 0.25) is 0 Å². The number of hydrogen-bond donors (Lipinski definition) is 1.